The molecule has 21 heavy (non-hydrogen) atoms. The lowest BCUT2D eigenvalue weighted by molar-refractivity contribution is 0.0956. The van der Waals surface area contributed by atoms with E-state index >= 15 is 0 Å². The second kappa shape index (κ2) is 6.72. The topological polar surface area (TPSA) is 45.2 Å². The second-order valence-corrected chi connectivity index (χ2v) is 6.23. The predicted octanol–water partition coefficient (Wildman–Crippen LogP) is 3.15. The number of thiazole rings is 1. The molecule has 0 aliphatic carbocycles. The quantitative estimate of drug-likeness (QED) is 0.923. The zero-order valence-electron chi connectivity index (χ0n) is 12.9. The van der Waals surface area contributed by atoms with Crippen LogP contribution >= 0.6 is 11.3 Å². The smallest absolute Gasteiger partial charge is 0.251 e. The number of anilines is 1. The third-order valence-electron chi connectivity index (χ3n) is 3.32. The van der Waals surface area contributed by atoms with Crippen molar-refractivity contribution in [2.24, 2.45) is 0 Å². The van der Waals surface area contributed by atoms with Crippen LogP contribution in [0, 0.1) is 13.8 Å². The summed E-state index contributed by atoms with van der Waals surface area (Å²) in [6, 6.07) is 7.72. The molecule has 0 bridgehead atoms. The molecular formula is C16H21N3OS. The van der Waals surface area contributed by atoms with Gasteiger partial charge >= 0.3 is 0 Å². The van der Waals surface area contributed by atoms with Crippen LogP contribution in [0.4, 0.5) is 5.13 Å². The van der Waals surface area contributed by atoms with Crippen LogP contribution in [0.2, 0.25) is 0 Å². The minimum Gasteiger partial charge on any atom is -0.352 e. The second-order valence-electron chi connectivity index (χ2n) is 5.05. The molecule has 0 fully saturated rings. The number of amides is 1. The third-order valence-corrected chi connectivity index (χ3v) is 4.50. The number of nitrogens with one attached hydrogen (secondary N) is 1. The minimum atomic E-state index is -0.0245. The molecule has 0 aliphatic heterocycles. The molecule has 1 N–H and O–H groups in total. The van der Waals surface area contributed by atoms with E-state index in [2.05, 4.69) is 22.1 Å². The average Bonchev–Trinajstić information content (AvgIpc) is 2.80. The monoisotopic (exact) mass is 303 g/mol. The van der Waals surface area contributed by atoms with Crippen molar-refractivity contribution in [3.05, 3.63) is 46.0 Å². The first kappa shape index (κ1) is 15.5. The van der Waals surface area contributed by atoms with Gasteiger partial charge in [-0.3, -0.25) is 4.79 Å². The highest BCUT2D eigenvalue weighted by Gasteiger charge is 2.09. The van der Waals surface area contributed by atoms with Gasteiger partial charge in [0.1, 0.15) is 0 Å². The fourth-order valence-electron chi connectivity index (χ4n) is 1.98. The van der Waals surface area contributed by atoms with Crippen LogP contribution in [-0.4, -0.2) is 24.5 Å². The largest absolute Gasteiger partial charge is 0.352 e. The van der Waals surface area contributed by atoms with Crippen molar-refractivity contribution in [1.29, 1.82) is 0 Å². The van der Waals surface area contributed by atoms with Gasteiger partial charge in [-0.15, -0.1) is 11.3 Å². The van der Waals surface area contributed by atoms with Crippen LogP contribution in [0.3, 0.4) is 0 Å². The van der Waals surface area contributed by atoms with Crippen molar-refractivity contribution in [3.8, 4) is 0 Å². The molecule has 5 heteroatoms. The van der Waals surface area contributed by atoms with E-state index in [0.717, 1.165) is 22.9 Å². The molecule has 112 valence electrons. The number of carbonyl (C=O) groups is 1. The van der Waals surface area contributed by atoms with Crippen molar-refractivity contribution in [1.82, 2.24) is 10.3 Å². The molecule has 0 saturated carbocycles. The minimum absolute atomic E-state index is 0.0245. The van der Waals surface area contributed by atoms with E-state index in [0.29, 0.717) is 12.1 Å². The van der Waals surface area contributed by atoms with Gasteiger partial charge in [0.05, 0.1) is 5.69 Å². The van der Waals surface area contributed by atoms with Crippen molar-refractivity contribution in [2.75, 3.05) is 18.5 Å². The van der Waals surface area contributed by atoms with Crippen molar-refractivity contribution in [2.45, 2.75) is 27.3 Å². The highest BCUT2D eigenvalue weighted by atomic mass is 32.1. The van der Waals surface area contributed by atoms with Gasteiger partial charge in [-0.25, -0.2) is 4.98 Å². The van der Waals surface area contributed by atoms with Gasteiger partial charge in [0.15, 0.2) is 5.13 Å². The van der Waals surface area contributed by atoms with E-state index in [1.165, 1.54) is 4.88 Å². The summed E-state index contributed by atoms with van der Waals surface area (Å²) < 4.78 is 0. The maximum absolute atomic E-state index is 11.7. The maximum atomic E-state index is 11.7. The van der Waals surface area contributed by atoms with Crippen LogP contribution in [0.5, 0.6) is 0 Å². The summed E-state index contributed by atoms with van der Waals surface area (Å²) >= 11 is 1.71. The van der Waals surface area contributed by atoms with E-state index in [1.807, 2.05) is 45.2 Å². The Kier molecular flexibility index (Phi) is 4.96. The fourth-order valence-corrected chi connectivity index (χ4v) is 2.85. The Hall–Kier alpha value is -1.88. The van der Waals surface area contributed by atoms with Crippen LogP contribution in [0.1, 0.15) is 33.4 Å². The van der Waals surface area contributed by atoms with Crippen LogP contribution in [0.15, 0.2) is 24.3 Å². The van der Waals surface area contributed by atoms with Gasteiger partial charge in [0, 0.05) is 30.6 Å². The Morgan fingerprint density at radius 3 is 2.48 bits per heavy atom. The van der Waals surface area contributed by atoms with Crippen molar-refractivity contribution in [3.63, 3.8) is 0 Å². The molecule has 0 spiro atoms. The Morgan fingerprint density at radius 2 is 1.95 bits per heavy atom. The zero-order chi connectivity index (χ0) is 15.4. The lowest BCUT2D eigenvalue weighted by atomic mass is 10.1. The van der Waals surface area contributed by atoms with E-state index in [9.17, 15) is 4.79 Å². The molecule has 0 atom stereocenters. The summed E-state index contributed by atoms with van der Waals surface area (Å²) in [5, 5.41) is 3.82. The zero-order valence-corrected chi connectivity index (χ0v) is 13.8. The van der Waals surface area contributed by atoms with Crippen LogP contribution in [0.25, 0.3) is 0 Å². The number of aromatic nitrogens is 1. The van der Waals surface area contributed by atoms with Crippen molar-refractivity contribution >= 4 is 22.4 Å². The number of carbonyl (C=O) groups excluding carboxylic acids is 1. The first-order valence-electron chi connectivity index (χ1n) is 7.03. The summed E-state index contributed by atoms with van der Waals surface area (Å²) in [6.45, 7) is 7.46. The van der Waals surface area contributed by atoms with Gasteiger partial charge < -0.3 is 10.2 Å². The summed E-state index contributed by atoms with van der Waals surface area (Å²) in [6.07, 6.45) is 0. The molecule has 4 nitrogen and oxygen atoms in total. The number of nitrogens with zero attached hydrogens (tertiary/aromatic N) is 2. The lowest BCUT2D eigenvalue weighted by Crippen LogP contribution is -2.22. The maximum Gasteiger partial charge on any atom is 0.251 e. The normalized spacial score (nSPS) is 10.5. The average molecular weight is 303 g/mol. The summed E-state index contributed by atoms with van der Waals surface area (Å²) in [5.41, 5.74) is 2.95. The molecule has 2 rings (SSSR count). The van der Waals surface area contributed by atoms with E-state index in [1.54, 1.807) is 11.3 Å². The Bertz CT molecular complexity index is 599. The van der Waals surface area contributed by atoms with Gasteiger partial charge in [0.25, 0.3) is 5.91 Å². The standard InChI is InChI=1S/C16H21N3OS/c1-5-17-15(20)14-8-6-13(7-9-14)10-19(4)16-18-11(2)12(3)21-16/h6-9H,5,10H2,1-4H3,(H,17,20). The first-order chi connectivity index (χ1) is 10.0. The highest BCUT2D eigenvalue weighted by molar-refractivity contribution is 7.15. The lowest BCUT2D eigenvalue weighted by Gasteiger charge is -2.16. The molecule has 2 aromatic rings. The van der Waals surface area contributed by atoms with E-state index in [-0.39, 0.29) is 5.91 Å². The van der Waals surface area contributed by atoms with E-state index < -0.39 is 0 Å². The predicted molar refractivity (Wildman–Crippen MR) is 88.1 cm³/mol. The molecule has 0 saturated heterocycles. The van der Waals surface area contributed by atoms with Crippen LogP contribution < -0.4 is 10.2 Å². The molecule has 1 aromatic carbocycles. The fraction of sp³-hybridized carbons (Fsp3) is 0.375. The molecule has 1 aromatic heterocycles. The first-order valence-corrected chi connectivity index (χ1v) is 7.85. The number of hydrogen-bond acceptors (Lipinski definition) is 4. The van der Waals surface area contributed by atoms with Gasteiger partial charge in [-0.2, -0.15) is 0 Å². The molecule has 0 aliphatic rings. The summed E-state index contributed by atoms with van der Waals surface area (Å²) in [5.74, 6) is -0.0245. The molecular weight excluding hydrogens is 282 g/mol. The number of hydrogen-bond donors (Lipinski definition) is 1. The molecule has 1 amide bonds. The van der Waals surface area contributed by atoms with Crippen LogP contribution in [-0.2, 0) is 6.54 Å². The Labute approximate surface area is 129 Å². The number of aryl methyl sites for hydroxylation is 2. The van der Waals surface area contributed by atoms with Gasteiger partial charge in [0.2, 0.25) is 0 Å². The Morgan fingerprint density at radius 1 is 1.29 bits per heavy atom. The van der Waals surface area contributed by atoms with Gasteiger partial charge in [-0.05, 0) is 38.5 Å². The Balaban J connectivity index is 2.04. The molecule has 0 unspecified atom stereocenters. The third kappa shape index (κ3) is 3.82. The molecule has 1 heterocycles. The summed E-state index contributed by atoms with van der Waals surface area (Å²) in [4.78, 5) is 19.7. The SMILES string of the molecule is CCNC(=O)c1ccc(CN(C)c2nc(C)c(C)s2)cc1. The van der Waals surface area contributed by atoms with E-state index in [4.69, 9.17) is 0 Å². The summed E-state index contributed by atoms with van der Waals surface area (Å²) in [7, 11) is 2.04. The number of benzene rings is 1. The molecule has 0 radical (unpaired) electrons. The van der Waals surface area contributed by atoms with Gasteiger partial charge in [-0.1, -0.05) is 12.1 Å². The number of rotatable bonds is 5. The van der Waals surface area contributed by atoms with Crippen molar-refractivity contribution < 1.29 is 4.79 Å². The highest BCUT2D eigenvalue weighted by Crippen LogP contribution is 2.25.